The van der Waals surface area contributed by atoms with Gasteiger partial charge < -0.3 is 14.8 Å². The van der Waals surface area contributed by atoms with Gasteiger partial charge in [0.2, 0.25) is 5.91 Å². The number of aryl methyl sites for hydroxylation is 1. The Morgan fingerprint density at radius 2 is 1.64 bits per heavy atom. The van der Waals surface area contributed by atoms with Crippen molar-refractivity contribution in [1.29, 1.82) is 0 Å². The van der Waals surface area contributed by atoms with E-state index in [1.807, 2.05) is 6.92 Å². The molecule has 1 aliphatic heterocycles. The van der Waals surface area contributed by atoms with E-state index in [0.717, 1.165) is 11.2 Å². The van der Waals surface area contributed by atoms with E-state index in [1.54, 1.807) is 44.2 Å². The number of fused-ring (bicyclic) bond motifs is 1. The molecule has 2 aromatic carbocycles. The maximum Gasteiger partial charge on any atom is 0.262 e. The van der Waals surface area contributed by atoms with Gasteiger partial charge in [-0.15, -0.1) is 0 Å². The molecule has 0 bridgehead atoms. The zero-order valence-corrected chi connectivity index (χ0v) is 22.0. The predicted molar refractivity (Wildman–Crippen MR) is 135 cm³/mol. The molecule has 10 heteroatoms. The third kappa shape index (κ3) is 5.53. The molecule has 194 valence electrons. The van der Waals surface area contributed by atoms with E-state index < -0.39 is 33.4 Å². The first-order valence-corrected chi connectivity index (χ1v) is 13.9. The summed E-state index contributed by atoms with van der Waals surface area (Å²) < 4.78 is 35.9. The molecule has 9 nitrogen and oxygen atoms in total. The lowest BCUT2D eigenvalue weighted by molar-refractivity contribution is -0.120. The van der Waals surface area contributed by atoms with Crippen LogP contribution in [0, 0.1) is 0 Å². The second kappa shape index (κ2) is 11.1. The first-order chi connectivity index (χ1) is 17.1. The molecule has 3 amide bonds. The van der Waals surface area contributed by atoms with E-state index in [-0.39, 0.29) is 30.0 Å². The van der Waals surface area contributed by atoms with E-state index in [4.69, 9.17) is 9.47 Å². The van der Waals surface area contributed by atoms with Gasteiger partial charge in [0, 0.05) is 19.2 Å². The largest absolute Gasteiger partial charge is 0.493 e. The van der Waals surface area contributed by atoms with Crippen LogP contribution in [-0.2, 0) is 27.6 Å². The molecule has 0 radical (unpaired) electrons. The first kappa shape index (κ1) is 27.2. The van der Waals surface area contributed by atoms with Crippen LogP contribution >= 0.6 is 0 Å². The quantitative estimate of drug-likeness (QED) is 0.456. The summed E-state index contributed by atoms with van der Waals surface area (Å²) in [7, 11) is -2.12. The number of benzene rings is 2. The molecule has 1 aliphatic rings. The van der Waals surface area contributed by atoms with E-state index >= 15 is 0 Å². The van der Waals surface area contributed by atoms with Gasteiger partial charge in [-0.1, -0.05) is 32.0 Å². The van der Waals surface area contributed by atoms with Crippen LogP contribution in [0.5, 0.6) is 11.5 Å². The summed E-state index contributed by atoms with van der Waals surface area (Å²) in [4.78, 5) is 40.4. The van der Waals surface area contributed by atoms with Gasteiger partial charge in [0.05, 0.1) is 36.6 Å². The van der Waals surface area contributed by atoms with Crippen LogP contribution in [0.25, 0.3) is 0 Å². The van der Waals surface area contributed by atoms with Crippen molar-refractivity contribution in [3.63, 3.8) is 0 Å². The lowest BCUT2D eigenvalue weighted by atomic mass is 9.96. The Balaban J connectivity index is 2.15. The van der Waals surface area contributed by atoms with Gasteiger partial charge >= 0.3 is 0 Å². The molecule has 0 fully saturated rings. The zero-order chi connectivity index (χ0) is 26.6. The van der Waals surface area contributed by atoms with Crippen molar-refractivity contribution < 1.29 is 32.3 Å². The van der Waals surface area contributed by atoms with Crippen molar-refractivity contribution in [3.05, 3.63) is 58.1 Å². The number of imide groups is 1. The molecule has 3 rings (SSSR count). The number of nitrogens with one attached hydrogen (secondary N) is 1. The highest BCUT2D eigenvalue weighted by Crippen LogP contribution is 2.38. The van der Waals surface area contributed by atoms with Crippen LogP contribution < -0.4 is 14.8 Å². The van der Waals surface area contributed by atoms with Crippen molar-refractivity contribution in [2.75, 3.05) is 25.7 Å². The number of hydrogen-bond donors (Lipinski definition) is 1. The van der Waals surface area contributed by atoms with Gasteiger partial charge in [-0.05, 0) is 42.2 Å². The minimum Gasteiger partial charge on any atom is -0.493 e. The monoisotopic (exact) mass is 516 g/mol. The van der Waals surface area contributed by atoms with E-state index in [0.29, 0.717) is 41.2 Å². The highest BCUT2D eigenvalue weighted by atomic mass is 32.2. The Bertz CT molecular complexity index is 1290. The second-order valence-electron chi connectivity index (χ2n) is 8.55. The smallest absolute Gasteiger partial charge is 0.262 e. The SMILES string of the molecule is CCOc1cc([C@@H](CS(C)(=O)=O)N2C(=O)c3c(CC)ccc(CNC(=O)CC)c3C2=O)ccc1OC. The van der Waals surface area contributed by atoms with Crippen LogP contribution in [-0.4, -0.2) is 56.8 Å². The lowest BCUT2D eigenvalue weighted by Gasteiger charge is -2.27. The molecule has 0 saturated carbocycles. The fourth-order valence-corrected chi connectivity index (χ4v) is 5.25. The summed E-state index contributed by atoms with van der Waals surface area (Å²) in [6, 6.07) is 7.27. The Morgan fingerprint density at radius 3 is 2.19 bits per heavy atom. The van der Waals surface area contributed by atoms with Crippen LogP contribution in [0.15, 0.2) is 30.3 Å². The van der Waals surface area contributed by atoms with Crippen LogP contribution in [0.2, 0.25) is 0 Å². The zero-order valence-electron chi connectivity index (χ0n) is 21.2. The number of sulfone groups is 1. The molecule has 0 saturated heterocycles. The van der Waals surface area contributed by atoms with Crippen molar-refractivity contribution in [2.45, 2.75) is 46.2 Å². The highest BCUT2D eigenvalue weighted by Gasteiger charge is 2.44. The molecule has 0 unspecified atom stereocenters. The molecular formula is C26H32N2O7S. The summed E-state index contributed by atoms with van der Waals surface area (Å²) in [6.45, 7) is 5.82. The van der Waals surface area contributed by atoms with Crippen molar-refractivity contribution in [2.24, 2.45) is 0 Å². The van der Waals surface area contributed by atoms with Gasteiger partial charge in [0.25, 0.3) is 11.8 Å². The summed E-state index contributed by atoms with van der Waals surface area (Å²) >= 11 is 0. The normalized spacial score (nSPS) is 14.0. The van der Waals surface area contributed by atoms with Gasteiger partial charge in [0.15, 0.2) is 11.5 Å². The van der Waals surface area contributed by atoms with Gasteiger partial charge in [-0.3, -0.25) is 19.3 Å². The molecule has 1 N–H and O–H groups in total. The van der Waals surface area contributed by atoms with Gasteiger partial charge in [-0.2, -0.15) is 0 Å². The van der Waals surface area contributed by atoms with E-state index in [2.05, 4.69) is 5.32 Å². The van der Waals surface area contributed by atoms with Gasteiger partial charge in [0.1, 0.15) is 9.84 Å². The number of methoxy groups -OCH3 is 1. The fraction of sp³-hybridized carbons (Fsp3) is 0.423. The van der Waals surface area contributed by atoms with Crippen molar-refractivity contribution in [3.8, 4) is 11.5 Å². The molecular weight excluding hydrogens is 484 g/mol. The minimum atomic E-state index is -3.61. The first-order valence-electron chi connectivity index (χ1n) is 11.8. The summed E-state index contributed by atoms with van der Waals surface area (Å²) in [6.07, 6.45) is 1.85. The third-order valence-corrected chi connectivity index (χ3v) is 6.99. The average Bonchev–Trinajstić information content (AvgIpc) is 3.11. The molecule has 1 heterocycles. The Kier molecular flexibility index (Phi) is 8.39. The maximum absolute atomic E-state index is 13.8. The molecule has 36 heavy (non-hydrogen) atoms. The number of carbonyl (C=O) groups excluding carboxylic acids is 3. The summed E-state index contributed by atoms with van der Waals surface area (Å²) in [5, 5.41) is 2.75. The highest BCUT2D eigenvalue weighted by molar-refractivity contribution is 7.90. The fourth-order valence-electron chi connectivity index (χ4n) is 4.33. The lowest BCUT2D eigenvalue weighted by Crippen LogP contribution is -2.38. The number of carbonyl (C=O) groups is 3. The topological polar surface area (TPSA) is 119 Å². The van der Waals surface area contributed by atoms with Crippen LogP contribution in [0.4, 0.5) is 0 Å². The van der Waals surface area contributed by atoms with E-state index in [1.165, 1.54) is 7.11 Å². The Morgan fingerprint density at radius 1 is 1.00 bits per heavy atom. The van der Waals surface area contributed by atoms with Crippen molar-refractivity contribution in [1.82, 2.24) is 10.2 Å². The summed E-state index contributed by atoms with van der Waals surface area (Å²) in [5.41, 5.74) is 2.07. The predicted octanol–water partition coefficient (Wildman–Crippen LogP) is 3.06. The standard InChI is InChI=1S/C26H32N2O7S/c1-6-16-9-10-18(14-27-22(29)7-2)24-23(16)25(30)28(26(24)31)19(15-36(5,32)33)17-11-12-20(34-4)21(13-17)35-8-3/h9-13,19H,6-8,14-15H2,1-5H3,(H,27,29)/t19-/m1/s1. The maximum atomic E-state index is 13.8. The molecule has 2 aromatic rings. The van der Waals surface area contributed by atoms with Crippen LogP contribution in [0.1, 0.15) is 70.6 Å². The van der Waals surface area contributed by atoms with Crippen molar-refractivity contribution >= 4 is 27.6 Å². The average molecular weight is 517 g/mol. The number of nitrogens with zero attached hydrogens (tertiary/aromatic N) is 1. The molecule has 0 aromatic heterocycles. The number of rotatable bonds is 11. The van der Waals surface area contributed by atoms with Crippen LogP contribution in [0.3, 0.4) is 0 Å². The Labute approximate surface area is 211 Å². The molecule has 0 spiro atoms. The van der Waals surface area contributed by atoms with Gasteiger partial charge in [-0.25, -0.2) is 8.42 Å². The Hall–Kier alpha value is -3.40. The third-order valence-electron chi connectivity index (χ3n) is 6.07. The number of ether oxygens (including phenoxy) is 2. The molecule has 0 aliphatic carbocycles. The molecule has 1 atom stereocenters. The number of amides is 3. The van der Waals surface area contributed by atoms with E-state index in [9.17, 15) is 22.8 Å². The summed E-state index contributed by atoms with van der Waals surface area (Å²) in [5.74, 6) is -0.965. The minimum absolute atomic E-state index is 0.0830. The number of hydrogen-bond acceptors (Lipinski definition) is 7. The second-order valence-corrected chi connectivity index (χ2v) is 10.7.